The number of ketones is 1. The minimum atomic E-state index is -0.235. The number of aryl methyl sites for hydroxylation is 1. The summed E-state index contributed by atoms with van der Waals surface area (Å²) in [4.78, 5) is 12.0. The number of aliphatic hydroxyl groups excluding tert-OH is 1. The SMILES string of the molecule is CC(CO)C(=O)C1CCc2ccccc21. The number of hydrogen-bond donors (Lipinski definition) is 1. The van der Waals surface area contributed by atoms with Gasteiger partial charge in [-0.05, 0) is 24.0 Å². The molecule has 0 amide bonds. The molecule has 2 unspecified atom stereocenters. The molecular weight excluding hydrogens is 188 g/mol. The van der Waals surface area contributed by atoms with Crippen molar-refractivity contribution in [3.05, 3.63) is 35.4 Å². The molecule has 0 saturated carbocycles. The van der Waals surface area contributed by atoms with Crippen molar-refractivity contribution in [1.29, 1.82) is 0 Å². The average Bonchev–Trinajstić information content (AvgIpc) is 2.70. The molecule has 1 aliphatic rings. The van der Waals surface area contributed by atoms with Gasteiger partial charge in [-0.1, -0.05) is 31.2 Å². The maximum Gasteiger partial charge on any atom is 0.145 e. The average molecular weight is 204 g/mol. The third-order valence-electron chi connectivity index (χ3n) is 3.24. The predicted octanol–water partition coefficient (Wildman–Crippen LogP) is 1.91. The van der Waals surface area contributed by atoms with Gasteiger partial charge in [-0.2, -0.15) is 0 Å². The first-order valence-electron chi connectivity index (χ1n) is 5.46. The second-order valence-corrected chi connectivity index (χ2v) is 4.28. The van der Waals surface area contributed by atoms with Gasteiger partial charge in [0.05, 0.1) is 6.61 Å². The standard InChI is InChI=1S/C13H16O2/c1-9(8-14)13(15)12-7-6-10-4-2-3-5-11(10)12/h2-5,9,12,14H,6-8H2,1H3. The van der Waals surface area contributed by atoms with Gasteiger partial charge < -0.3 is 5.11 Å². The highest BCUT2D eigenvalue weighted by molar-refractivity contribution is 5.88. The molecule has 0 fully saturated rings. The summed E-state index contributed by atoms with van der Waals surface area (Å²) in [5.41, 5.74) is 2.46. The van der Waals surface area contributed by atoms with E-state index in [2.05, 4.69) is 6.07 Å². The third kappa shape index (κ3) is 1.82. The number of Topliss-reactive ketones (excluding diaryl/α,β-unsaturated/α-hetero) is 1. The molecule has 1 aromatic rings. The van der Waals surface area contributed by atoms with Crippen molar-refractivity contribution in [2.45, 2.75) is 25.7 Å². The number of rotatable bonds is 3. The van der Waals surface area contributed by atoms with Crippen LogP contribution in [0.25, 0.3) is 0 Å². The zero-order chi connectivity index (χ0) is 10.8. The van der Waals surface area contributed by atoms with Crippen LogP contribution in [0.5, 0.6) is 0 Å². The first kappa shape index (κ1) is 10.4. The van der Waals surface area contributed by atoms with Gasteiger partial charge in [0.25, 0.3) is 0 Å². The van der Waals surface area contributed by atoms with Crippen LogP contribution in [-0.4, -0.2) is 17.5 Å². The molecule has 2 rings (SSSR count). The lowest BCUT2D eigenvalue weighted by Crippen LogP contribution is -2.21. The Kier molecular flexibility index (Phi) is 2.87. The normalized spacial score (nSPS) is 21.1. The summed E-state index contributed by atoms with van der Waals surface area (Å²) in [5.74, 6) is -0.0352. The molecule has 0 saturated heterocycles. The predicted molar refractivity (Wildman–Crippen MR) is 58.8 cm³/mol. The fraction of sp³-hybridized carbons (Fsp3) is 0.462. The number of aliphatic hydroxyl groups is 1. The number of carbonyl (C=O) groups is 1. The molecular formula is C13H16O2. The molecule has 80 valence electrons. The largest absolute Gasteiger partial charge is 0.396 e. The summed E-state index contributed by atoms with van der Waals surface area (Å²) in [6, 6.07) is 8.12. The molecule has 2 heteroatoms. The van der Waals surface area contributed by atoms with E-state index in [-0.39, 0.29) is 24.2 Å². The van der Waals surface area contributed by atoms with Gasteiger partial charge in [0.2, 0.25) is 0 Å². The number of hydrogen-bond acceptors (Lipinski definition) is 2. The lowest BCUT2D eigenvalue weighted by atomic mass is 9.90. The van der Waals surface area contributed by atoms with Crippen LogP contribution in [0.1, 0.15) is 30.4 Å². The van der Waals surface area contributed by atoms with E-state index in [0.29, 0.717) is 0 Å². The van der Waals surface area contributed by atoms with Crippen molar-refractivity contribution in [2.24, 2.45) is 5.92 Å². The van der Waals surface area contributed by atoms with E-state index in [0.717, 1.165) is 12.8 Å². The highest BCUT2D eigenvalue weighted by Crippen LogP contribution is 2.34. The van der Waals surface area contributed by atoms with E-state index in [1.807, 2.05) is 18.2 Å². The number of carbonyl (C=O) groups excluding carboxylic acids is 1. The molecule has 0 aliphatic heterocycles. The molecule has 0 radical (unpaired) electrons. The maximum absolute atomic E-state index is 12.0. The van der Waals surface area contributed by atoms with Crippen LogP contribution in [-0.2, 0) is 11.2 Å². The molecule has 0 heterocycles. The molecule has 2 atom stereocenters. The quantitative estimate of drug-likeness (QED) is 0.816. The Hall–Kier alpha value is -1.15. The van der Waals surface area contributed by atoms with E-state index in [1.54, 1.807) is 6.92 Å². The third-order valence-corrected chi connectivity index (χ3v) is 3.24. The highest BCUT2D eigenvalue weighted by Gasteiger charge is 2.30. The smallest absolute Gasteiger partial charge is 0.145 e. The van der Waals surface area contributed by atoms with Crippen LogP contribution >= 0.6 is 0 Å². The van der Waals surface area contributed by atoms with Gasteiger partial charge in [-0.3, -0.25) is 4.79 Å². The molecule has 0 spiro atoms. The second-order valence-electron chi connectivity index (χ2n) is 4.28. The minimum absolute atomic E-state index is 0.0170. The Balaban J connectivity index is 2.24. The van der Waals surface area contributed by atoms with Gasteiger partial charge >= 0.3 is 0 Å². The minimum Gasteiger partial charge on any atom is -0.396 e. The van der Waals surface area contributed by atoms with Crippen LogP contribution in [0.3, 0.4) is 0 Å². The summed E-state index contributed by atoms with van der Waals surface area (Å²) in [6.45, 7) is 1.75. The van der Waals surface area contributed by atoms with Crippen molar-refractivity contribution >= 4 is 5.78 Å². The van der Waals surface area contributed by atoms with Gasteiger partial charge in [0.15, 0.2) is 0 Å². The van der Waals surface area contributed by atoms with Crippen molar-refractivity contribution in [2.75, 3.05) is 6.61 Å². The molecule has 1 N–H and O–H groups in total. The van der Waals surface area contributed by atoms with Crippen LogP contribution < -0.4 is 0 Å². The van der Waals surface area contributed by atoms with Gasteiger partial charge in [0.1, 0.15) is 5.78 Å². The second kappa shape index (κ2) is 4.15. The van der Waals surface area contributed by atoms with Crippen LogP contribution in [0.4, 0.5) is 0 Å². The molecule has 0 bridgehead atoms. The van der Waals surface area contributed by atoms with E-state index in [1.165, 1.54) is 11.1 Å². The molecule has 2 nitrogen and oxygen atoms in total. The molecule has 1 aliphatic carbocycles. The summed E-state index contributed by atoms with van der Waals surface area (Å²) in [5, 5.41) is 8.99. The van der Waals surface area contributed by atoms with Crippen LogP contribution in [0, 0.1) is 5.92 Å². The maximum atomic E-state index is 12.0. The Morgan fingerprint density at radius 1 is 1.53 bits per heavy atom. The van der Waals surface area contributed by atoms with E-state index >= 15 is 0 Å². The Morgan fingerprint density at radius 3 is 3.00 bits per heavy atom. The van der Waals surface area contributed by atoms with Crippen molar-refractivity contribution in [1.82, 2.24) is 0 Å². The van der Waals surface area contributed by atoms with Crippen molar-refractivity contribution in [3.8, 4) is 0 Å². The first-order valence-corrected chi connectivity index (χ1v) is 5.46. The first-order chi connectivity index (χ1) is 7.24. The topological polar surface area (TPSA) is 37.3 Å². The van der Waals surface area contributed by atoms with E-state index in [4.69, 9.17) is 5.11 Å². The lowest BCUT2D eigenvalue weighted by Gasteiger charge is -2.14. The summed E-state index contributed by atoms with van der Waals surface area (Å²) >= 11 is 0. The Morgan fingerprint density at radius 2 is 2.27 bits per heavy atom. The van der Waals surface area contributed by atoms with Crippen LogP contribution in [0.15, 0.2) is 24.3 Å². The van der Waals surface area contributed by atoms with Gasteiger partial charge in [-0.25, -0.2) is 0 Å². The van der Waals surface area contributed by atoms with Crippen molar-refractivity contribution in [3.63, 3.8) is 0 Å². The van der Waals surface area contributed by atoms with Crippen LogP contribution in [0.2, 0.25) is 0 Å². The Labute approximate surface area is 89.9 Å². The fourth-order valence-corrected chi connectivity index (χ4v) is 2.29. The monoisotopic (exact) mass is 204 g/mol. The number of benzene rings is 1. The molecule has 15 heavy (non-hydrogen) atoms. The van der Waals surface area contributed by atoms with Gasteiger partial charge in [0, 0.05) is 11.8 Å². The van der Waals surface area contributed by atoms with Gasteiger partial charge in [-0.15, -0.1) is 0 Å². The summed E-state index contributed by atoms with van der Waals surface area (Å²) in [7, 11) is 0. The van der Waals surface area contributed by atoms with Crippen molar-refractivity contribution < 1.29 is 9.90 Å². The zero-order valence-electron chi connectivity index (χ0n) is 8.94. The summed E-state index contributed by atoms with van der Waals surface area (Å²) in [6.07, 6.45) is 1.90. The highest BCUT2D eigenvalue weighted by atomic mass is 16.3. The van der Waals surface area contributed by atoms with E-state index < -0.39 is 0 Å². The number of fused-ring (bicyclic) bond motifs is 1. The Bertz CT molecular complexity index is 371. The zero-order valence-corrected chi connectivity index (χ0v) is 8.94. The lowest BCUT2D eigenvalue weighted by molar-refractivity contribution is -0.124. The summed E-state index contributed by atoms with van der Waals surface area (Å²) < 4.78 is 0. The molecule has 0 aromatic heterocycles. The molecule has 1 aromatic carbocycles. The fourth-order valence-electron chi connectivity index (χ4n) is 2.29. The van der Waals surface area contributed by atoms with E-state index in [9.17, 15) is 4.79 Å².